The number of hydrogen-bond donors (Lipinski definition) is 3. The summed E-state index contributed by atoms with van der Waals surface area (Å²) >= 11 is 0. The Balaban J connectivity index is 1.28. The van der Waals surface area contributed by atoms with E-state index in [9.17, 15) is 14.8 Å². The van der Waals surface area contributed by atoms with Crippen molar-refractivity contribution in [1.29, 1.82) is 10.7 Å². The highest BCUT2D eigenvalue weighted by Crippen LogP contribution is 2.33. The van der Waals surface area contributed by atoms with Crippen LogP contribution in [0.15, 0.2) is 54.7 Å². The van der Waals surface area contributed by atoms with E-state index in [4.69, 9.17) is 5.41 Å². The zero-order valence-corrected chi connectivity index (χ0v) is 20.0. The van der Waals surface area contributed by atoms with Gasteiger partial charge in [-0.1, -0.05) is 18.2 Å². The van der Waals surface area contributed by atoms with Crippen molar-refractivity contribution in [2.24, 2.45) is 0 Å². The van der Waals surface area contributed by atoms with Crippen molar-refractivity contribution in [2.45, 2.75) is 37.8 Å². The number of likely N-dealkylation sites (tertiary alicyclic amines) is 1. The fourth-order valence-corrected chi connectivity index (χ4v) is 5.11. The molecule has 184 valence electrons. The summed E-state index contributed by atoms with van der Waals surface area (Å²) in [6.45, 7) is 2.22. The van der Waals surface area contributed by atoms with Gasteiger partial charge in [-0.25, -0.2) is 9.37 Å². The first kappa shape index (κ1) is 23.8. The van der Waals surface area contributed by atoms with Crippen LogP contribution in [0.4, 0.5) is 10.1 Å². The summed E-state index contributed by atoms with van der Waals surface area (Å²) in [5.74, 6) is 0.721. The Hall–Kier alpha value is -3.96. The monoisotopic (exact) mass is 484 g/mol. The second-order valence-electron chi connectivity index (χ2n) is 9.37. The molecule has 0 bridgehead atoms. The maximum absolute atomic E-state index is 13.7. The molecule has 0 radical (unpaired) electrons. The molecule has 2 fully saturated rings. The lowest BCUT2D eigenvalue weighted by atomic mass is 10.0. The van der Waals surface area contributed by atoms with E-state index in [2.05, 4.69) is 20.9 Å². The predicted octanol–water partition coefficient (Wildman–Crippen LogP) is 4.88. The molecule has 7 nitrogen and oxygen atoms in total. The SMILES string of the molecule is N#Cc1cc(-c2cnc(/C=C\C(=N)N3CCCC3c3cccc(F)c3)[nH]2)ccc1N1CCC(O)CC1. The zero-order valence-electron chi connectivity index (χ0n) is 20.0. The largest absolute Gasteiger partial charge is 0.393 e. The minimum Gasteiger partial charge on any atom is -0.393 e. The van der Waals surface area contributed by atoms with Gasteiger partial charge in [0.25, 0.3) is 0 Å². The van der Waals surface area contributed by atoms with Crippen LogP contribution in [-0.4, -0.2) is 51.5 Å². The van der Waals surface area contributed by atoms with Gasteiger partial charge in [-0.2, -0.15) is 5.26 Å². The number of aliphatic hydroxyl groups is 1. The first-order valence-electron chi connectivity index (χ1n) is 12.3. The van der Waals surface area contributed by atoms with E-state index in [0.717, 1.165) is 55.0 Å². The number of imidazole rings is 1. The van der Waals surface area contributed by atoms with Gasteiger partial charge in [-0.3, -0.25) is 5.41 Å². The Morgan fingerprint density at radius 1 is 1.17 bits per heavy atom. The molecule has 3 aromatic rings. The van der Waals surface area contributed by atoms with E-state index in [0.29, 0.717) is 30.1 Å². The number of aliphatic hydroxyl groups excluding tert-OH is 1. The molecule has 36 heavy (non-hydrogen) atoms. The molecule has 2 aliphatic heterocycles. The molecule has 3 heterocycles. The molecule has 1 atom stereocenters. The van der Waals surface area contributed by atoms with E-state index in [1.807, 2.05) is 29.2 Å². The summed E-state index contributed by atoms with van der Waals surface area (Å²) in [5, 5.41) is 28.1. The van der Waals surface area contributed by atoms with Crippen molar-refractivity contribution in [3.63, 3.8) is 0 Å². The van der Waals surface area contributed by atoms with Crippen LogP contribution in [0.1, 0.15) is 48.7 Å². The summed E-state index contributed by atoms with van der Waals surface area (Å²) in [5.41, 5.74) is 4.02. The highest BCUT2D eigenvalue weighted by molar-refractivity contribution is 5.94. The highest BCUT2D eigenvalue weighted by Gasteiger charge is 2.27. The molecule has 2 aliphatic rings. The Kier molecular flexibility index (Phi) is 6.83. The third kappa shape index (κ3) is 5.02. The van der Waals surface area contributed by atoms with E-state index in [-0.39, 0.29) is 18.0 Å². The van der Waals surface area contributed by atoms with Gasteiger partial charge in [-0.15, -0.1) is 0 Å². The van der Waals surface area contributed by atoms with Gasteiger partial charge in [-0.05, 0) is 67.7 Å². The van der Waals surface area contributed by atoms with Crippen LogP contribution >= 0.6 is 0 Å². The second-order valence-corrected chi connectivity index (χ2v) is 9.37. The maximum atomic E-state index is 13.7. The van der Waals surface area contributed by atoms with Gasteiger partial charge >= 0.3 is 0 Å². The predicted molar refractivity (Wildman–Crippen MR) is 138 cm³/mol. The first-order chi connectivity index (χ1) is 17.5. The summed E-state index contributed by atoms with van der Waals surface area (Å²) in [4.78, 5) is 11.8. The van der Waals surface area contributed by atoms with Crippen molar-refractivity contribution in [2.75, 3.05) is 24.5 Å². The number of anilines is 1. The Bertz CT molecular complexity index is 1320. The van der Waals surface area contributed by atoms with Gasteiger partial charge in [0.2, 0.25) is 0 Å². The maximum Gasteiger partial charge on any atom is 0.130 e. The van der Waals surface area contributed by atoms with Gasteiger partial charge in [0.05, 0.1) is 35.3 Å². The number of aromatic amines is 1. The standard InChI is InChI=1S/C28H29FN6O/c29-22-4-1-3-20(16-22)26-5-2-12-35(26)27(31)8-9-28-32-18-24(33-28)19-6-7-25(21(15-19)17-30)34-13-10-23(36)11-14-34/h1,3-4,6-9,15-16,18,23,26,31,36H,2,5,10-14H2,(H,32,33)/b9-8-,31-27?. The molecule has 1 unspecified atom stereocenters. The summed E-state index contributed by atoms with van der Waals surface area (Å²) < 4.78 is 13.7. The average Bonchev–Trinajstić information content (AvgIpc) is 3.58. The van der Waals surface area contributed by atoms with Gasteiger partial charge in [0.15, 0.2) is 0 Å². The number of rotatable bonds is 5. The highest BCUT2D eigenvalue weighted by atomic mass is 19.1. The number of nitrogens with zero attached hydrogens (tertiary/aromatic N) is 4. The molecule has 3 N–H and O–H groups in total. The third-order valence-corrected chi connectivity index (χ3v) is 7.02. The third-order valence-electron chi connectivity index (χ3n) is 7.02. The Labute approximate surface area is 210 Å². The van der Waals surface area contributed by atoms with Crippen LogP contribution in [-0.2, 0) is 0 Å². The molecule has 0 amide bonds. The fourth-order valence-electron chi connectivity index (χ4n) is 5.11. The lowest BCUT2D eigenvalue weighted by Crippen LogP contribution is -2.36. The van der Waals surface area contributed by atoms with E-state index < -0.39 is 0 Å². The number of halogens is 1. The summed E-state index contributed by atoms with van der Waals surface area (Å²) in [7, 11) is 0. The minimum absolute atomic E-state index is 0.00361. The topological polar surface area (TPSA) is 103 Å². The number of aromatic nitrogens is 2. The van der Waals surface area contributed by atoms with Gasteiger partial charge in [0, 0.05) is 25.2 Å². The minimum atomic E-state index is -0.262. The van der Waals surface area contributed by atoms with Crippen molar-refractivity contribution in [3.05, 3.63) is 77.5 Å². The number of piperidine rings is 1. The van der Waals surface area contributed by atoms with Crippen LogP contribution in [0.5, 0.6) is 0 Å². The summed E-state index contributed by atoms with van der Waals surface area (Å²) in [6, 6.07) is 14.7. The van der Waals surface area contributed by atoms with Crippen molar-refractivity contribution in [1.82, 2.24) is 14.9 Å². The molecular weight excluding hydrogens is 455 g/mol. The quantitative estimate of drug-likeness (QED) is 0.354. The van der Waals surface area contributed by atoms with Crippen LogP contribution in [0, 0.1) is 22.6 Å². The molecular formula is C28H29FN6O. The van der Waals surface area contributed by atoms with Crippen molar-refractivity contribution in [3.8, 4) is 17.3 Å². The normalized spacial score (nSPS) is 18.6. The molecule has 5 rings (SSSR count). The molecule has 8 heteroatoms. The number of hydrogen-bond acceptors (Lipinski definition) is 5. The smallest absolute Gasteiger partial charge is 0.130 e. The van der Waals surface area contributed by atoms with E-state index in [1.165, 1.54) is 6.07 Å². The number of H-pyrrole nitrogens is 1. The average molecular weight is 485 g/mol. The van der Waals surface area contributed by atoms with Crippen molar-refractivity contribution >= 4 is 17.6 Å². The molecule has 0 saturated carbocycles. The van der Waals surface area contributed by atoms with Gasteiger partial charge < -0.3 is 19.9 Å². The second kappa shape index (κ2) is 10.3. The molecule has 0 aliphatic carbocycles. The zero-order chi connectivity index (χ0) is 25.1. The number of benzene rings is 2. The van der Waals surface area contributed by atoms with Crippen LogP contribution in [0.25, 0.3) is 17.3 Å². The number of amidine groups is 1. The Morgan fingerprint density at radius 3 is 2.78 bits per heavy atom. The molecule has 2 saturated heterocycles. The lowest BCUT2D eigenvalue weighted by Gasteiger charge is -2.32. The van der Waals surface area contributed by atoms with Crippen LogP contribution in [0.3, 0.4) is 0 Å². The van der Waals surface area contributed by atoms with Crippen LogP contribution in [0.2, 0.25) is 0 Å². The summed E-state index contributed by atoms with van der Waals surface area (Å²) in [6.07, 6.45) is 8.21. The fraction of sp³-hybridized carbons (Fsp3) is 0.321. The Morgan fingerprint density at radius 2 is 2.00 bits per heavy atom. The molecule has 1 aromatic heterocycles. The molecule has 0 spiro atoms. The van der Waals surface area contributed by atoms with E-state index >= 15 is 0 Å². The lowest BCUT2D eigenvalue weighted by molar-refractivity contribution is 0.145. The van der Waals surface area contributed by atoms with E-state index in [1.54, 1.807) is 30.5 Å². The van der Waals surface area contributed by atoms with Crippen molar-refractivity contribution < 1.29 is 9.50 Å². The number of nitrogens with one attached hydrogen (secondary N) is 2. The number of nitriles is 1. The first-order valence-corrected chi connectivity index (χ1v) is 12.3. The van der Waals surface area contributed by atoms with Gasteiger partial charge in [0.1, 0.15) is 23.5 Å². The molecule has 2 aromatic carbocycles. The van der Waals surface area contributed by atoms with Crippen LogP contribution < -0.4 is 4.90 Å².